The van der Waals surface area contributed by atoms with Crippen LogP contribution in [0.3, 0.4) is 0 Å². The van der Waals surface area contributed by atoms with E-state index in [0.29, 0.717) is 17.3 Å². The van der Waals surface area contributed by atoms with Crippen LogP contribution in [-0.4, -0.2) is 15.7 Å². The Bertz CT molecular complexity index is 1040. The van der Waals surface area contributed by atoms with Gasteiger partial charge in [0.15, 0.2) is 5.69 Å². The van der Waals surface area contributed by atoms with E-state index in [1.165, 1.54) is 16.8 Å². The SMILES string of the molecule is Cc1ccc(NC(=O)c2nn(CC(C)C)c(=O)c3ccccc23)c(F)c1. The summed E-state index contributed by atoms with van der Waals surface area (Å²) < 4.78 is 15.4. The molecule has 3 rings (SSSR count). The molecule has 3 aromatic rings. The molecule has 1 N–H and O–H groups in total. The van der Waals surface area contributed by atoms with Crippen molar-refractivity contribution < 1.29 is 9.18 Å². The molecule has 134 valence electrons. The van der Waals surface area contributed by atoms with Gasteiger partial charge in [-0.2, -0.15) is 5.10 Å². The monoisotopic (exact) mass is 353 g/mol. The van der Waals surface area contributed by atoms with Crippen molar-refractivity contribution in [1.29, 1.82) is 0 Å². The van der Waals surface area contributed by atoms with E-state index in [2.05, 4.69) is 10.4 Å². The first-order chi connectivity index (χ1) is 12.4. The van der Waals surface area contributed by atoms with Gasteiger partial charge < -0.3 is 5.32 Å². The fraction of sp³-hybridized carbons (Fsp3) is 0.250. The second kappa shape index (κ2) is 7.07. The number of amides is 1. The zero-order valence-corrected chi connectivity index (χ0v) is 14.9. The number of carbonyl (C=O) groups is 1. The number of anilines is 1. The van der Waals surface area contributed by atoms with Crippen LogP contribution in [-0.2, 0) is 6.54 Å². The van der Waals surface area contributed by atoms with Crippen LogP contribution >= 0.6 is 0 Å². The van der Waals surface area contributed by atoms with Gasteiger partial charge in [0.2, 0.25) is 0 Å². The molecule has 0 aliphatic heterocycles. The Morgan fingerprint density at radius 1 is 1.19 bits per heavy atom. The first kappa shape index (κ1) is 17.8. The minimum Gasteiger partial charge on any atom is -0.318 e. The van der Waals surface area contributed by atoms with Gasteiger partial charge in [0.05, 0.1) is 11.1 Å². The van der Waals surface area contributed by atoms with Crippen molar-refractivity contribution in [1.82, 2.24) is 9.78 Å². The molecule has 0 aliphatic rings. The summed E-state index contributed by atoms with van der Waals surface area (Å²) in [6, 6.07) is 11.4. The quantitative estimate of drug-likeness (QED) is 0.777. The smallest absolute Gasteiger partial charge is 0.276 e. The molecular weight excluding hydrogens is 333 g/mol. The lowest BCUT2D eigenvalue weighted by Gasteiger charge is -2.13. The first-order valence-corrected chi connectivity index (χ1v) is 8.44. The van der Waals surface area contributed by atoms with Crippen LogP contribution in [0.5, 0.6) is 0 Å². The van der Waals surface area contributed by atoms with Gasteiger partial charge in [0.25, 0.3) is 11.5 Å². The van der Waals surface area contributed by atoms with E-state index in [9.17, 15) is 14.0 Å². The van der Waals surface area contributed by atoms with Crippen molar-refractivity contribution in [2.45, 2.75) is 27.3 Å². The number of fused-ring (bicyclic) bond motifs is 1. The van der Waals surface area contributed by atoms with Crippen molar-refractivity contribution in [3.05, 3.63) is 69.9 Å². The molecular formula is C20H20FN3O2. The molecule has 26 heavy (non-hydrogen) atoms. The standard InChI is InChI=1S/C20H20FN3O2/c1-12(2)11-24-20(26)15-7-5-4-6-14(15)18(23-24)19(25)22-17-9-8-13(3)10-16(17)21/h4-10,12H,11H2,1-3H3,(H,22,25). The molecule has 5 nitrogen and oxygen atoms in total. The second-order valence-corrected chi connectivity index (χ2v) is 6.71. The Morgan fingerprint density at radius 2 is 1.88 bits per heavy atom. The third kappa shape index (κ3) is 3.49. The van der Waals surface area contributed by atoms with Crippen LogP contribution in [0.2, 0.25) is 0 Å². The zero-order valence-electron chi connectivity index (χ0n) is 14.9. The number of aromatic nitrogens is 2. The zero-order chi connectivity index (χ0) is 18.8. The first-order valence-electron chi connectivity index (χ1n) is 8.44. The van der Waals surface area contributed by atoms with E-state index < -0.39 is 11.7 Å². The Kier molecular flexibility index (Phi) is 4.84. The maximum absolute atomic E-state index is 14.1. The molecule has 0 atom stereocenters. The predicted molar refractivity (Wildman–Crippen MR) is 99.9 cm³/mol. The van der Waals surface area contributed by atoms with Crippen LogP contribution in [0.15, 0.2) is 47.3 Å². The third-order valence-electron chi connectivity index (χ3n) is 3.99. The number of carbonyl (C=O) groups excluding carboxylic acids is 1. The lowest BCUT2D eigenvalue weighted by atomic mass is 10.1. The second-order valence-electron chi connectivity index (χ2n) is 6.71. The summed E-state index contributed by atoms with van der Waals surface area (Å²) >= 11 is 0. The van der Waals surface area contributed by atoms with Crippen LogP contribution in [0.4, 0.5) is 10.1 Å². The Labute approximate surface area is 150 Å². The molecule has 6 heteroatoms. The number of halogens is 1. The van der Waals surface area contributed by atoms with Gasteiger partial charge in [-0.25, -0.2) is 9.07 Å². The molecule has 2 aromatic carbocycles. The Hall–Kier alpha value is -3.02. The van der Waals surface area contributed by atoms with E-state index >= 15 is 0 Å². The van der Waals surface area contributed by atoms with Crippen molar-refractivity contribution >= 4 is 22.4 Å². The molecule has 0 radical (unpaired) electrons. The Balaban J connectivity index is 2.09. The molecule has 1 heterocycles. The normalized spacial score (nSPS) is 11.1. The van der Waals surface area contributed by atoms with E-state index in [4.69, 9.17) is 0 Å². The summed E-state index contributed by atoms with van der Waals surface area (Å²) in [6.45, 7) is 6.09. The molecule has 1 aromatic heterocycles. The third-order valence-corrected chi connectivity index (χ3v) is 3.99. The number of rotatable bonds is 4. The molecule has 0 fully saturated rings. The fourth-order valence-electron chi connectivity index (χ4n) is 2.78. The number of hydrogen-bond donors (Lipinski definition) is 1. The molecule has 1 amide bonds. The number of nitrogens with zero attached hydrogens (tertiary/aromatic N) is 2. The van der Waals surface area contributed by atoms with Crippen molar-refractivity contribution in [2.24, 2.45) is 5.92 Å². The van der Waals surface area contributed by atoms with E-state index in [0.717, 1.165) is 5.56 Å². The molecule has 0 saturated heterocycles. The van der Waals surface area contributed by atoms with Gasteiger partial charge >= 0.3 is 0 Å². The van der Waals surface area contributed by atoms with E-state index in [1.807, 2.05) is 13.8 Å². The molecule has 0 bridgehead atoms. The lowest BCUT2D eigenvalue weighted by Crippen LogP contribution is -2.29. The number of aryl methyl sites for hydroxylation is 1. The minimum absolute atomic E-state index is 0.0769. The van der Waals surface area contributed by atoms with Gasteiger partial charge in [-0.3, -0.25) is 9.59 Å². The van der Waals surface area contributed by atoms with Gasteiger partial charge in [-0.05, 0) is 36.6 Å². The maximum atomic E-state index is 14.1. The highest BCUT2D eigenvalue weighted by molar-refractivity contribution is 6.11. The Morgan fingerprint density at radius 3 is 2.54 bits per heavy atom. The molecule has 0 spiro atoms. The summed E-state index contributed by atoms with van der Waals surface area (Å²) in [5.74, 6) is -0.883. The van der Waals surface area contributed by atoms with Crippen molar-refractivity contribution in [3.8, 4) is 0 Å². The predicted octanol–water partition coefficient (Wildman–Crippen LogP) is 3.75. The average molecular weight is 353 g/mol. The van der Waals surface area contributed by atoms with Gasteiger partial charge in [0.1, 0.15) is 5.82 Å². The van der Waals surface area contributed by atoms with Crippen LogP contribution in [0, 0.1) is 18.7 Å². The lowest BCUT2D eigenvalue weighted by molar-refractivity contribution is 0.102. The van der Waals surface area contributed by atoms with E-state index in [-0.39, 0.29) is 22.9 Å². The summed E-state index contributed by atoms with van der Waals surface area (Å²) in [7, 11) is 0. The summed E-state index contributed by atoms with van der Waals surface area (Å²) in [5.41, 5.74) is 0.691. The summed E-state index contributed by atoms with van der Waals surface area (Å²) in [5, 5.41) is 7.67. The molecule has 0 saturated carbocycles. The number of benzene rings is 2. The van der Waals surface area contributed by atoms with Crippen molar-refractivity contribution in [3.63, 3.8) is 0 Å². The highest BCUT2D eigenvalue weighted by Crippen LogP contribution is 2.19. The maximum Gasteiger partial charge on any atom is 0.276 e. The van der Waals surface area contributed by atoms with Crippen molar-refractivity contribution in [2.75, 3.05) is 5.32 Å². The highest BCUT2D eigenvalue weighted by Gasteiger charge is 2.18. The van der Waals surface area contributed by atoms with Gasteiger partial charge in [-0.15, -0.1) is 0 Å². The summed E-state index contributed by atoms with van der Waals surface area (Å²) in [4.78, 5) is 25.4. The minimum atomic E-state index is -0.554. The number of nitrogens with one attached hydrogen (secondary N) is 1. The van der Waals surface area contributed by atoms with Crippen LogP contribution in [0.1, 0.15) is 29.9 Å². The molecule has 0 aliphatic carbocycles. The van der Waals surface area contributed by atoms with Gasteiger partial charge in [0, 0.05) is 11.9 Å². The van der Waals surface area contributed by atoms with Crippen LogP contribution < -0.4 is 10.9 Å². The average Bonchev–Trinajstić information content (AvgIpc) is 2.59. The summed E-state index contributed by atoms with van der Waals surface area (Å²) in [6.07, 6.45) is 0. The van der Waals surface area contributed by atoms with E-state index in [1.54, 1.807) is 37.3 Å². The topological polar surface area (TPSA) is 64.0 Å². The fourth-order valence-corrected chi connectivity index (χ4v) is 2.78. The number of hydrogen-bond acceptors (Lipinski definition) is 3. The molecule has 0 unspecified atom stereocenters. The van der Waals surface area contributed by atoms with Crippen LogP contribution in [0.25, 0.3) is 10.8 Å². The largest absolute Gasteiger partial charge is 0.318 e. The van der Waals surface area contributed by atoms with Gasteiger partial charge in [-0.1, -0.05) is 38.1 Å². The highest BCUT2D eigenvalue weighted by atomic mass is 19.1.